The van der Waals surface area contributed by atoms with Crippen LogP contribution < -0.4 is 5.32 Å². The van der Waals surface area contributed by atoms with Crippen molar-refractivity contribution in [3.8, 4) is 11.3 Å². The van der Waals surface area contributed by atoms with E-state index in [1.807, 2.05) is 54.7 Å². The lowest BCUT2D eigenvalue weighted by Crippen LogP contribution is -2.35. The Kier molecular flexibility index (Phi) is 3.76. The molecule has 5 rings (SSSR count). The van der Waals surface area contributed by atoms with Crippen LogP contribution in [0.5, 0.6) is 0 Å². The molecule has 1 saturated carbocycles. The first-order valence-corrected chi connectivity index (χ1v) is 9.27. The van der Waals surface area contributed by atoms with Gasteiger partial charge in [0, 0.05) is 11.8 Å². The second kappa shape index (κ2) is 6.30. The van der Waals surface area contributed by atoms with Crippen molar-refractivity contribution in [3.05, 3.63) is 96.2 Å². The van der Waals surface area contributed by atoms with E-state index in [9.17, 15) is 9.18 Å². The van der Waals surface area contributed by atoms with Gasteiger partial charge in [0.1, 0.15) is 5.82 Å². The van der Waals surface area contributed by atoms with Crippen molar-refractivity contribution in [3.63, 3.8) is 0 Å². The number of rotatable bonds is 4. The molecule has 0 unspecified atom stereocenters. The Bertz CT molecular complexity index is 1160. The Morgan fingerprint density at radius 3 is 2.39 bits per heavy atom. The average Bonchev–Trinajstić information content (AvgIpc) is 3.41. The number of carbonyl (C=O) groups is 1. The molecule has 0 spiro atoms. The first kappa shape index (κ1) is 16.7. The fourth-order valence-electron chi connectivity index (χ4n) is 3.66. The minimum Gasteiger partial charge on any atom is -0.340 e. The van der Waals surface area contributed by atoms with Crippen LogP contribution in [-0.2, 0) is 5.54 Å². The SMILES string of the molecule is O=C(NC1(c2ccccc2)CC1)c1nc(-c2ccc(F)cc2)c2ccccn12. The Hall–Kier alpha value is -3.47. The summed E-state index contributed by atoms with van der Waals surface area (Å²) in [5, 5.41) is 3.18. The molecule has 0 bridgehead atoms. The van der Waals surface area contributed by atoms with Gasteiger partial charge in [0.25, 0.3) is 5.91 Å². The summed E-state index contributed by atoms with van der Waals surface area (Å²) >= 11 is 0. The summed E-state index contributed by atoms with van der Waals surface area (Å²) in [6, 6.07) is 21.9. The van der Waals surface area contributed by atoms with Gasteiger partial charge in [0.15, 0.2) is 0 Å². The number of imidazole rings is 1. The summed E-state index contributed by atoms with van der Waals surface area (Å²) < 4.78 is 15.1. The number of aromatic nitrogens is 2. The van der Waals surface area contributed by atoms with Crippen LogP contribution in [0.2, 0.25) is 0 Å². The average molecular weight is 371 g/mol. The van der Waals surface area contributed by atoms with Gasteiger partial charge in [0.2, 0.25) is 5.82 Å². The molecule has 0 aliphatic heterocycles. The highest BCUT2D eigenvalue weighted by Crippen LogP contribution is 2.45. The number of halogens is 1. The van der Waals surface area contributed by atoms with E-state index < -0.39 is 0 Å². The Morgan fingerprint density at radius 2 is 1.68 bits per heavy atom. The van der Waals surface area contributed by atoms with E-state index >= 15 is 0 Å². The van der Waals surface area contributed by atoms with E-state index in [1.165, 1.54) is 12.1 Å². The molecule has 2 aromatic heterocycles. The van der Waals surface area contributed by atoms with E-state index in [-0.39, 0.29) is 17.3 Å². The topological polar surface area (TPSA) is 46.4 Å². The minimum absolute atomic E-state index is 0.212. The molecule has 5 heteroatoms. The molecular weight excluding hydrogens is 353 g/mol. The molecule has 1 N–H and O–H groups in total. The van der Waals surface area contributed by atoms with Crippen molar-refractivity contribution in [2.24, 2.45) is 0 Å². The highest BCUT2D eigenvalue weighted by atomic mass is 19.1. The molecule has 1 aliphatic rings. The molecule has 1 amide bonds. The van der Waals surface area contributed by atoms with E-state index in [4.69, 9.17) is 0 Å². The maximum absolute atomic E-state index is 13.3. The van der Waals surface area contributed by atoms with Gasteiger partial charge in [-0.3, -0.25) is 9.20 Å². The minimum atomic E-state index is -0.311. The lowest BCUT2D eigenvalue weighted by molar-refractivity contribution is 0.0919. The van der Waals surface area contributed by atoms with Crippen LogP contribution in [0.4, 0.5) is 4.39 Å². The lowest BCUT2D eigenvalue weighted by Gasteiger charge is -2.17. The largest absolute Gasteiger partial charge is 0.340 e. The summed E-state index contributed by atoms with van der Waals surface area (Å²) in [6.07, 6.45) is 3.65. The summed E-state index contributed by atoms with van der Waals surface area (Å²) in [6.45, 7) is 0. The third kappa shape index (κ3) is 2.76. The van der Waals surface area contributed by atoms with Crippen molar-refractivity contribution in [1.29, 1.82) is 0 Å². The van der Waals surface area contributed by atoms with Crippen molar-refractivity contribution in [2.75, 3.05) is 0 Å². The van der Waals surface area contributed by atoms with Crippen molar-refractivity contribution >= 4 is 11.4 Å². The van der Waals surface area contributed by atoms with E-state index in [0.29, 0.717) is 11.5 Å². The predicted molar refractivity (Wildman–Crippen MR) is 105 cm³/mol. The first-order chi connectivity index (χ1) is 13.7. The summed E-state index contributed by atoms with van der Waals surface area (Å²) in [7, 11) is 0. The van der Waals surface area contributed by atoms with E-state index in [0.717, 1.165) is 29.5 Å². The zero-order valence-electron chi connectivity index (χ0n) is 15.1. The quantitative estimate of drug-likeness (QED) is 0.572. The number of amides is 1. The Labute approximate surface area is 161 Å². The normalized spacial score (nSPS) is 14.8. The molecule has 0 atom stereocenters. The van der Waals surface area contributed by atoms with Crippen LogP contribution in [0.3, 0.4) is 0 Å². The zero-order chi connectivity index (χ0) is 19.1. The number of hydrogen-bond acceptors (Lipinski definition) is 2. The summed E-state index contributed by atoms with van der Waals surface area (Å²) in [5.74, 6) is -0.184. The second-order valence-electron chi connectivity index (χ2n) is 7.15. The molecule has 0 radical (unpaired) electrons. The number of carbonyl (C=O) groups excluding carboxylic acids is 1. The first-order valence-electron chi connectivity index (χ1n) is 9.27. The maximum Gasteiger partial charge on any atom is 0.288 e. The third-order valence-corrected chi connectivity index (χ3v) is 5.30. The number of pyridine rings is 1. The van der Waals surface area contributed by atoms with Gasteiger partial charge in [0.05, 0.1) is 16.7 Å². The van der Waals surface area contributed by atoms with Gasteiger partial charge in [-0.05, 0) is 54.8 Å². The molecule has 4 nitrogen and oxygen atoms in total. The maximum atomic E-state index is 13.3. The van der Waals surface area contributed by atoms with Gasteiger partial charge in [-0.1, -0.05) is 36.4 Å². The van der Waals surface area contributed by atoms with Gasteiger partial charge >= 0.3 is 0 Å². The number of nitrogens with zero attached hydrogens (tertiary/aromatic N) is 2. The molecule has 1 fully saturated rings. The van der Waals surface area contributed by atoms with Crippen molar-refractivity contribution < 1.29 is 9.18 Å². The number of nitrogens with one attached hydrogen (secondary N) is 1. The van der Waals surface area contributed by atoms with Crippen LogP contribution in [0, 0.1) is 5.82 Å². The van der Waals surface area contributed by atoms with Crippen LogP contribution in [0.25, 0.3) is 16.8 Å². The van der Waals surface area contributed by atoms with E-state index in [1.54, 1.807) is 16.5 Å². The van der Waals surface area contributed by atoms with E-state index in [2.05, 4.69) is 10.3 Å². The zero-order valence-corrected chi connectivity index (χ0v) is 15.1. The smallest absolute Gasteiger partial charge is 0.288 e. The molecule has 28 heavy (non-hydrogen) atoms. The van der Waals surface area contributed by atoms with Crippen molar-refractivity contribution in [2.45, 2.75) is 18.4 Å². The lowest BCUT2D eigenvalue weighted by atomic mass is 10.1. The number of hydrogen-bond donors (Lipinski definition) is 1. The van der Waals surface area contributed by atoms with Crippen LogP contribution in [-0.4, -0.2) is 15.3 Å². The van der Waals surface area contributed by atoms with Crippen molar-refractivity contribution in [1.82, 2.24) is 14.7 Å². The number of benzene rings is 2. The van der Waals surface area contributed by atoms with Gasteiger partial charge in [-0.15, -0.1) is 0 Å². The highest BCUT2D eigenvalue weighted by Gasteiger charge is 2.46. The predicted octanol–water partition coefficient (Wildman–Crippen LogP) is 4.56. The fourth-order valence-corrected chi connectivity index (χ4v) is 3.66. The van der Waals surface area contributed by atoms with Gasteiger partial charge < -0.3 is 5.32 Å². The number of fused-ring (bicyclic) bond motifs is 1. The Morgan fingerprint density at radius 1 is 0.964 bits per heavy atom. The second-order valence-corrected chi connectivity index (χ2v) is 7.15. The van der Waals surface area contributed by atoms with Crippen LogP contribution >= 0.6 is 0 Å². The van der Waals surface area contributed by atoms with Crippen LogP contribution in [0.15, 0.2) is 79.0 Å². The third-order valence-electron chi connectivity index (χ3n) is 5.30. The molecule has 138 valence electrons. The fraction of sp³-hybridized carbons (Fsp3) is 0.130. The van der Waals surface area contributed by atoms with Gasteiger partial charge in [-0.25, -0.2) is 9.37 Å². The molecule has 2 heterocycles. The van der Waals surface area contributed by atoms with Gasteiger partial charge in [-0.2, -0.15) is 0 Å². The molecule has 0 saturated heterocycles. The monoisotopic (exact) mass is 371 g/mol. The highest BCUT2D eigenvalue weighted by molar-refractivity contribution is 5.95. The molecule has 1 aliphatic carbocycles. The molecule has 4 aromatic rings. The summed E-state index contributed by atoms with van der Waals surface area (Å²) in [4.78, 5) is 17.8. The standard InChI is InChI=1S/C23H18FN3O/c24-18-11-9-16(10-12-18)20-19-8-4-5-15-27(19)21(25-20)22(28)26-23(13-14-23)17-6-2-1-3-7-17/h1-12,15H,13-14H2,(H,26,28). The molecule has 2 aromatic carbocycles. The molecular formula is C23H18FN3O. The van der Waals surface area contributed by atoms with Crippen LogP contribution in [0.1, 0.15) is 29.0 Å². The summed E-state index contributed by atoms with van der Waals surface area (Å²) in [5.41, 5.74) is 3.05. The Balaban J connectivity index is 1.54.